The van der Waals surface area contributed by atoms with Crippen LogP contribution in [0.1, 0.15) is 29.0 Å². The fourth-order valence-electron chi connectivity index (χ4n) is 4.01. The number of aromatic nitrogens is 2. The minimum Gasteiger partial charge on any atom is -0.337 e. The number of benzene rings is 2. The van der Waals surface area contributed by atoms with Gasteiger partial charge in [-0.25, -0.2) is 4.39 Å². The van der Waals surface area contributed by atoms with Gasteiger partial charge in [0.2, 0.25) is 5.91 Å². The molecule has 3 aromatic rings. The molecule has 1 N–H and O–H groups in total. The van der Waals surface area contributed by atoms with Crippen LogP contribution in [-0.4, -0.2) is 39.6 Å². The Morgan fingerprint density at radius 2 is 1.87 bits per heavy atom. The number of anilines is 1. The van der Waals surface area contributed by atoms with E-state index in [0.29, 0.717) is 24.5 Å². The molecule has 160 valence electrons. The molecule has 2 heterocycles. The molecule has 1 atom stereocenters. The monoisotopic (exact) mass is 420 g/mol. The van der Waals surface area contributed by atoms with Crippen molar-refractivity contribution >= 4 is 17.5 Å². The molecule has 0 bridgehead atoms. The molecule has 1 aliphatic heterocycles. The normalized spacial score (nSPS) is 16.2. The molecule has 6 nitrogen and oxygen atoms in total. The van der Waals surface area contributed by atoms with Crippen molar-refractivity contribution in [3.63, 3.8) is 0 Å². The molecule has 2 aromatic carbocycles. The van der Waals surface area contributed by atoms with Crippen LogP contribution in [0.3, 0.4) is 0 Å². The number of likely N-dealkylation sites (tertiary alicyclic amines) is 1. The van der Waals surface area contributed by atoms with Crippen LogP contribution < -0.4 is 5.32 Å². The second-order valence-corrected chi connectivity index (χ2v) is 7.96. The van der Waals surface area contributed by atoms with Gasteiger partial charge in [0.05, 0.1) is 11.6 Å². The Labute approximate surface area is 180 Å². The summed E-state index contributed by atoms with van der Waals surface area (Å²) >= 11 is 0. The summed E-state index contributed by atoms with van der Waals surface area (Å²) in [5.41, 5.74) is 3.77. The summed E-state index contributed by atoms with van der Waals surface area (Å²) < 4.78 is 14.8. The lowest BCUT2D eigenvalue weighted by molar-refractivity contribution is -0.121. The Morgan fingerprint density at radius 3 is 2.58 bits per heavy atom. The van der Waals surface area contributed by atoms with Crippen LogP contribution in [0.25, 0.3) is 11.1 Å². The number of nitrogens with zero attached hydrogens (tertiary/aromatic N) is 3. The second-order valence-electron chi connectivity index (χ2n) is 7.96. The molecular weight excluding hydrogens is 395 g/mol. The van der Waals surface area contributed by atoms with Gasteiger partial charge in [0.25, 0.3) is 5.91 Å². The summed E-state index contributed by atoms with van der Waals surface area (Å²) in [5.74, 6) is -0.763. The standard InChI is InChI=1S/C24H25FN4O2/c1-16-13-22(28(2)27-16)24(31)29-12-4-6-19(15-29)23(30)26-21-7-3-5-18(14-21)17-8-10-20(25)11-9-17/h3,5,7-11,13-14,19H,4,6,12,15H2,1-2H3,(H,26,30)/t19-/m1/s1. The number of amides is 2. The number of halogens is 1. The Balaban J connectivity index is 1.44. The first kappa shape index (κ1) is 20.8. The van der Waals surface area contributed by atoms with Crippen molar-refractivity contribution in [1.82, 2.24) is 14.7 Å². The van der Waals surface area contributed by atoms with E-state index in [1.165, 1.54) is 12.1 Å². The number of carbonyl (C=O) groups excluding carboxylic acids is 2. The average Bonchev–Trinajstić information content (AvgIpc) is 3.12. The minimum atomic E-state index is -0.286. The molecular formula is C24H25FN4O2. The highest BCUT2D eigenvalue weighted by atomic mass is 19.1. The van der Waals surface area contributed by atoms with Crippen LogP contribution in [0.15, 0.2) is 54.6 Å². The van der Waals surface area contributed by atoms with E-state index in [2.05, 4.69) is 10.4 Å². The quantitative estimate of drug-likeness (QED) is 0.693. The second kappa shape index (κ2) is 8.71. The van der Waals surface area contributed by atoms with Crippen LogP contribution >= 0.6 is 0 Å². The van der Waals surface area contributed by atoms with Crippen molar-refractivity contribution < 1.29 is 14.0 Å². The molecule has 0 aliphatic carbocycles. The fourth-order valence-corrected chi connectivity index (χ4v) is 4.01. The molecule has 1 fully saturated rings. The molecule has 4 rings (SSSR count). The van der Waals surface area contributed by atoms with Crippen LogP contribution in [0.4, 0.5) is 10.1 Å². The maximum atomic E-state index is 13.2. The van der Waals surface area contributed by atoms with E-state index in [4.69, 9.17) is 0 Å². The first-order valence-electron chi connectivity index (χ1n) is 10.4. The van der Waals surface area contributed by atoms with Gasteiger partial charge in [-0.2, -0.15) is 5.10 Å². The van der Waals surface area contributed by atoms with Gasteiger partial charge in [0.1, 0.15) is 11.5 Å². The third kappa shape index (κ3) is 4.66. The molecule has 31 heavy (non-hydrogen) atoms. The molecule has 0 radical (unpaired) electrons. The van der Waals surface area contributed by atoms with Crippen molar-refractivity contribution in [1.29, 1.82) is 0 Å². The fraction of sp³-hybridized carbons (Fsp3) is 0.292. The largest absolute Gasteiger partial charge is 0.337 e. The van der Waals surface area contributed by atoms with Crippen molar-refractivity contribution in [3.8, 4) is 11.1 Å². The van der Waals surface area contributed by atoms with Gasteiger partial charge >= 0.3 is 0 Å². The number of aryl methyl sites for hydroxylation is 2. The third-order valence-corrected chi connectivity index (χ3v) is 5.61. The number of rotatable bonds is 4. The molecule has 1 aromatic heterocycles. The third-order valence-electron chi connectivity index (χ3n) is 5.61. The molecule has 2 amide bonds. The van der Waals surface area contributed by atoms with Gasteiger partial charge < -0.3 is 10.2 Å². The predicted molar refractivity (Wildman–Crippen MR) is 117 cm³/mol. The first-order valence-corrected chi connectivity index (χ1v) is 10.4. The lowest BCUT2D eigenvalue weighted by Gasteiger charge is -2.32. The van der Waals surface area contributed by atoms with Crippen molar-refractivity contribution in [2.75, 3.05) is 18.4 Å². The maximum Gasteiger partial charge on any atom is 0.272 e. The van der Waals surface area contributed by atoms with E-state index in [9.17, 15) is 14.0 Å². The van der Waals surface area contributed by atoms with E-state index in [1.807, 2.05) is 31.2 Å². The molecule has 0 unspecified atom stereocenters. The van der Waals surface area contributed by atoms with Crippen molar-refractivity contribution in [3.05, 3.63) is 71.8 Å². The van der Waals surface area contributed by atoms with Crippen LogP contribution in [-0.2, 0) is 11.8 Å². The highest BCUT2D eigenvalue weighted by molar-refractivity contribution is 5.95. The van der Waals surface area contributed by atoms with Gasteiger partial charge in [0.15, 0.2) is 0 Å². The van der Waals surface area contributed by atoms with E-state index in [1.54, 1.807) is 34.8 Å². The lowest BCUT2D eigenvalue weighted by atomic mass is 9.96. The number of piperidine rings is 1. The van der Waals surface area contributed by atoms with Gasteiger partial charge in [-0.15, -0.1) is 0 Å². The Hall–Kier alpha value is -3.48. The molecule has 7 heteroatoms. The Morgan fingerprint density at radius 1 is 1.10 bits per heavy atom. The van der Waals surface area contributed by atoms with E-state index in [0.717, 1.165) is 29.7 Å². The van der Waals surface area contributed by atoms with Gasteiger partial charge in [-0.05, 0) is 61.2 Å². The van der Waals surface area contributed by atoms with Crippen LogP contribution in [0.2, 0.25) is 0 Å². The number of hydrogen-bond acceptors (Lipinski definition) is 3. The maximum absolute atomic E-state index is 13.2. The number of carbonyl (C=O) groups is 2. The molecule has 0 saturated carbocycles. The predicted octanol–water partition coefficient (Wildman–Crippen LogP) is 4.03. The van der Waals surface area contributed by atoms with Crippen LogP contribution in [0, 0.1) is 18.7 Å². The zero-order valence-electron chi connectivity index (χ0n) is 17.6. The average molecular weight is 420 g/mol. The number of nitrogens with one attached hydrogen (secondary N) is 1. The zero-order valence-corrected chi connectivity index (χ0v) is 17.6. The van der Waals surface area contributed by atoms with Gasteiger partial charge in [0, 0.05) is 25.8 Å². The summed E-state index contributed by atoms with van der Waals surface area (Å²) in [7, 11) is 1.75. The number of hydrogen-bond donors (Lipinski definition) is 1. The summed E-state index contributed by atoms with van der Waals surface area (Å²) in [6.07, 6.45) is 1.51. The Kier molecular flexibility index (Phi) is 5.84. The Bertz CT molecular complexity index is 1110. The molecule has 1 aliphatic rings. The first-order chi connectivity index (χ1) is 14.9. The molecule has 0 spiro atoms. The molecule has 1 saturated heterocycles. The minimum absolute atomic E-state index is 0.0982. The van der Waals surface area contributed by atoms with Gasteiger partial charge in [-0.3, -0.25) is 14.3 Å². The van der Waals surface area contributed by atoms with Crippen molar-refractivity contribution in [2.45, 2.75) is 19.8 Å². The highest BCUT2D eigenvalue weighted by Gasteiger charge is 2.30. The highest BCUT2D eigenvalue weighted by Crippen LogP contribution is 2.25. The zero-order chi connectivity index (χ0) is 22.0. The lowest BCUT2D eigenvalue weighted by Crippen LogP contribution is -2.44. The van der Waals surface area contributed by atoms with E-state index < -0.39 is 0 Å². The van der Waals surface area contributed by atoms with Crippen LogP contribution in [0.5, 0.6) is 0 Å². The summed E-state index contributed by atoms with van der Waals surface area (Å²) in [6, 6.07) is 15.5. The topological polar surface area (TPSA) is 67.2 Å². The summed E-state index contributed by atoms with van der Waals surface area (Å²) in [5, 5.41) is 7.22. The van der Waals surface area contributed by atoms with Gasteiger partial charge in [-0.1, -0.05) is 24.3 Å². The van der Waals surface area contributed by atoms with Crippen molar-refractivity contribution in [2.24, 2.45) is 13.0 Å². The summed E-state index contributed by atoms with van der Waals surface area (Å²) in [6.45, 7) is 2.86. The smallest absolute Gasteiger partial charge is 0.272 e. The van der Waals surface area contributed by atoms with E-state index >= 15 is 0 Å². The summed E-state index contributed by atoms with van der Waals surface area (Å²) in [4.78, 5) is 27.5. The van der Waals surface area contributed by atoms with E-state index in [-0.39, 0.29) is 23.5 Å². The SMILES string of the molecule is Cc1cc(C(=O)N2CCC[C@@H](C(=O)Nc3cccc(-c4ccc(F)cc4)c3)C2)n(C)n1.